The molecular formula is C24H27NO4. The van der Waals surface area contributed by atoms with E-state index in [2.05, 4.69) is 18.7 Å². The first-order valence-electron chi connectivity index (χ1n) is 9.97. The molecule has 0 aliphatic rings. The molecule has 0 unspecified atom stereocenters. The molecule has 0 aliphatic carbocycles. The first-order chi connectivity index (χ1) is 14.1. The highest BCUT2D eigenvalue weighted by Gasteiger charge is 2.13. The van der Waals surface area contributed by atoms with Crippen molar-refractivity contribution in [1.29, 1.82) is 0 Å². The van der Waals surface area contributed by atoms with Crippen LogP contribution in [-0.2, 0) is 6.61 Å². The van der Waals surface area contributed by atoms with E-state index in [1.165, 1.54) is 0 Å². The fraction of sp³-hybridized carbons (Fsp3) is 0.292. The van der Waals surface area contributed by atoms with Gasteiger partial charge in [-0.25, -0.2) is 4.79 Å². The van der Waals surface area contributed by atoms with Gasteiger partial charge in [-0.15, -0.1) is 0 Å². The van der Waals surface area contributed by atoms with Gasteiger partial charge in [-0.05, 0) is 56.7 Å². The highest BCUT2D eigenvalue weighted by atomic mass is 16.5. The van der Waals surface area contributed by atoms with Crippen molar-refractivity contribution in [2.75, 3.05) is 24.6 Å². The molecule has 1 aromatic heterocycles. The molecule has 0 saturated heterocycles. The molecule has 152 valence electrons. The Hall–Kier alpha value is -3.05. The number of aliphatic hydroxyl groups is 1. The van der Waals surface area contributed by atoms with Crippen LogP contribution in [0.4, 0.5) is 5.69 Å². The SMILES string of the molecule is CCOc1ccc(/C=C/c2c(CO)c3ccc(N(CC)CC)cc3oc2=O)cc1. The van der Waals surface area contributed by atoms with Crippen LogP contribution in [-0.4, -0.2) is 24.8 Å². The Morgan fingerprint density at radius 2 is 1.76 bits per heavy atom. The summed E-state index contributed by atoms with van der Waals surface area (Å²) in [5.41, 5.74) is 2.89. The summed E-state index contributed by atoms with van der Waals surface area (Å²) in [5, 5.41) is 10.7. The largest absolute Gasteiger partial charge is 0.494 e. The van der Waals surface area contributed by atoms with Crippen molar-refractivity contribution >= 4 is 28.8 Å². The van der Waals surface area contributed by atoms with Crippen LogP contribution in [0.2, 0.25) is 0 Å². The average molecular weight is 393 g/mol. The normalized spacial score (nSPS) is 11.3. The van der Waals surface area contributed by atoms with Crippen LogP contribution in [0, 0.1) is 0 Å². The van der Waals surface area contributed by atoms with Crippen molar-refractivity contribution in [3.05, 3.63) is 69.6 Å². The molecule has 3 rings (SSSR count). The zero-order chi connectivity index (χ0) is 20.8. The summed E-state index contributed by atoms with van der Waals surface area (Å²) in [6, 6.07) is 13.4. The fourth-order valence-corrected chi connectivity index (χ4v) is 3.41. The lowest BCUT2D eigenvalue weighted by Crippen LogP contribution is -2.21. The maximum atomic E-state index is 12.6. The topological polar surface area (TPSA) is 62.9 Å². The molecule has 5 nitrogen and oxygen atoms in total. The zero-order valence-corrected chi connectivity index (χ0v) is 17.1. The average Bonchev–Trinajstić information content (AvgIpc) is 2.74. The van der Waals surface area contributed by atoms with Gasteiger partial charge in [0.15, 0.2) is 0 Å². The van der Waals surface area contributed by atoms with Crippen LogP contribution in [0.25, 0.3) is 23.1 Å². The van der Waals surface area contributed by atoms with Crippen molar-refractivity contribution in [3.63, 3.8) is 0 Å². The number of nitrogens with zero attached hydrogens (tertiary/aromatic N) is 1. The Morgan fingerprint density at radius 3 is 2.38 bits per heavy atom. The minimum atomic E-state index is -0.458. The van der Waals surface area contributed by atoms with E-state index in [1.807, 2.05) is 55.5 Å². The lowest BCUT2D eigenvalue weighted by Gasteiger charge is -2.21. The Morgan fingerprint density at radius 1 is 1.03 bits per heavy atom. The molecule has 0 aliphatic heterocycles. The molecule has 29 heavy (non-hydrogen) atoms. The number of benzene rings is 2. The third kappa shape index (κ3) is 4.51. The molecule has 0 atom stereocenters. The zero-order valence-electron chi connectivity index (χ0n) is 17.1. The maximum Gasteiger partial charge on any atom is 0.343 e. The van der Waals surface area contributed by atoms with Gasteiger partial charge in [0.05, 0.1) is 18.8 Å². The molecule has 0 bridgehead atoms. The summed E-state index contributed by atoms with van der Waals surface area (Å²) in [6.07, 6.45) is 3.53. The van der Waals surface area contributed by atoms with Gasteiger partial charge in [0.25, 0.3) is 0 Å². The summed E-state index contributed by atoms with van der Waals surface area (Å²) >= 11 is 0. The Labute approximate surface area is 170 Å². The van der Waals surface area contributed by atoms with E-state index < -0.39 is 5.63 Å². The fourth-order valence-electron chi connectivity index (χ4n) is 3.41. The van der Waals surface area contributed by atoms with Crippen LogP contribution in [0.5, 0.6) is 5.75 Å². The standard InChI is InChI=1S/C24H27NO4/c1-4-25(5-2)18-10-14-20-22(16-26)21(24(27)29-23(20)15-18)13-9-17-7-11-19(12-8-17)28-6-3/h7-15,26H,4-6,16H2,1-3H3/b13-9+. The highest BCUT2D eigenvalue weighted by Crippen LogP contribution is 2.26. The summed E-state index contributed by atoms with van der Waals surface area (Å²) in [5.74, 6) is 0.801. The van der Waals surface area contributed by atoms with Gasteiger partial charge in [0.1, 0.15) is 11.3 Å². The molecule has 0 spiro atoms. The van der Waals surface area contributed by atoms with Crippen LogP contribution < -0.4 is 15.3 Å². The Balaban J connectivity index is 2.00. The molecule has 1 N–H and O–H groups in total. The molecule has 1 heterocycles. The van der Waals surface area contributed by atoms with Crippen LogP contribution in [0.15, 0.2) is 51.7 Å². The summed E-state index contributed by atoms with van der Waals surface area (Å²) in [6.45, 7) is 8.20. The van der Waals surface area contributed by atoms with Gasteiger partial charge >= 0.3 is 5.63 Å². The quantitative estimate of drug-likeness (QED) is 0.562. The lowest BCUT2D eigenvalue weighted by molar-refractivity contribution is 0.282. The molecule has 3 aromatic rings. The van der Waals surface area contributed by atoms with Crippen LogP contribution in [0.3, 0.4) is 0 Å². The van der Waals surface area contributed by atoms with Crippen molar-refractivity contribution in [1.82, 2.24) is 0 Å². The van der Waals surface area contributed by atoms with E-state index in [0.717, 1.165) is 35.5 Å². The predicted octanol–water partition coefficient (Wildman–Crippen LogP) is 4.70. The van der Waals surface area contributed by atoms with Crippen molar-refractivity contribution in [2.45, 2.75) is 27.4 Å². The van der Waals surface area contributed by atoms with Gasteiger partial charge in [-0.1, -0.05) is 18.2 Å². The Kier molecular flexibility index (Phi) is 6.73. The molecule has 0 amide bonds. The molecule has 0 radical (unpaired) electrons. The third-order valence-corrected chi connectivity index (χ3v) is 4.96. The van der Waals surface area contributed by atoms with Gasteiger partial charge in [-0.3, -0.25) is 0 Å². The van der Waals surface area contributed by atoms with E-state index in [-0.39, 0.29) is 6.61 Å². The smallest absolute Gasteiger partial charge is 0.343 e. The summed E-state index contributed by atoms with van der Waals surface area (Å²) < 4.78 is 11.0. The summed E-state index contributed by atoms with van der Waals surface area (Å²) in [4.78, 5) is 14.8. The van der Waals surface area contributed by atoms with Crippen molar-refractivity contribution in [2.24, 2.45) is 0 Å². The van der Waals surface area contributed by atoms with E-state index in [0.29, 0.717) is 23.3 Å². The van der Waals surface area contributed by atoms with Crippen LogP contribution >= 0.6 is 0 Å². The number of ether oxygens (including phenoxy) is 1. The van der Waals surface area contributed by atoms with Gasteiger partial charge in [0, 0.05) is 35.8 Å². The number of hydrogen-bond acceptors (Lipinski definition) is 5. The second-order valence-corrected chi connectivity index (χ2v) is 6.63. The molecular weight excluding hydrogens is 366 g/mol. The van der Waals surface area contributed by atoms with Gasteiger partial charge in [-0.2, -0.15) is 0 Å². The van der Waals surface area contributed by atoms with Crippen molar-refractivity contribution in [3.8, 4) is 5.75 Å². The molecule has 2 aromatic carbocycles. The lowest BCUT2D eigenvalue weighted by atomic mass is 10.0. The Bertz CT molecular complexity index is 1050. The molecule has 0 fully saturated rings. The number of anilines is 1. The molecule has 0 saturated carbocycles. The van der Waals surface area contributed by atoms with E-state index in [1.54, 1.807) is 6.08 Å². The highest BCUT2D eigenvalue weighted by molar-refractivity contribution is 5.87. The van der Waals surface area contributed by atoms with E-state index >= 15 is 0 Å². The first kappa shape index (κ1) is 20.7. The van der Waals surface area contributed by atoms with Crippen molar-refractivity contribution < 1.29 is 14.3 Å². The van der Waals surface area contributed by atoms with Crippen LogP contribution in [0.1, 0.15) is 37.5 Å². The number of aliphatic hydroxyl groups excluding tert-OH is 1. The van der Waals surface area contributed by atoms with Gasteiger partial charge < -0.3 is 19.2 Å². The first-order valence-corrected chi connectivity index (χ1v) is 9.97. The third-order valence-electron chi connectivity index (χ3n) is 4.96. The number of fused-ring (bicyclic) bond motifs is 1. The number of hydrogen-bond donors (Lipinski definition) is 1. The van der Waals surface area contributed by atoms with Gasteiger partial charge in [0.2, 0.25) is 0 Å². The van der Waals surface area contributed by atoms with E-state index in [9.17, 15) is 9.90 Å². The second kappa shape index (κ2) is 9.43. The minimum Gasteiger partial charge on any atom is -0.494 e. The van der Waals surface area contributed by atoms with E-state index in [4.69, 9.17) is 9.15 Å². The molecule has 5 heteroatoms. The maximum absolute atomic E-state index is 12.6. The minimum absolute atomic E-state index is 0.240. The summed E-state index contributed by atoms with van der Waals surface area (Å²) in [7, 11) is 0. The monoisotopic (exact) mass is 393 g/mol. The number of rotatable bonds is 8. The predicted molar refractivity (Wildman–Crippen MR) is 119 cm³/mol. The second-order valence-electron chi connectivity index (χ2n) is 6.63.